The van der Waals surface area contributed by atoms with E-state index in [-0.39, 0.29) is 23.8 Å². The minimum atomic E-state index is -0.349. The van der Waals surface area contributed by atoms with Crippen LogP contribution in [-0.4, -0.2) is 24.5 Å². The van der Waals surface area contributed by atoms with Crippen LogP contribution >= 0.6 is 22.6 Å². The molecule has 1 aromatic rings. The molecule has 2 unspecified atom stereocenters. The first-order valence-corrected chi connectivity index (χ1v) is 7.15. The quantitative estimate of drug-likeness (QED) is 0.793. The Labute approximate surface area is 120 Å². The maximum absolute atomic E-state index is 13.4. The smallest absolute Gasteiger partial charge is 0.251 e. The van der Waals surface area contributed by atoms with E-state index in [9.17, 15) is 9.18 Å². The van der Waals surface area contributed by atoms with E-state index in [1.165, 1.54) is 6.07 Å². The summed E-state index contributed by atoms with van der Waals surface area (Å²) in [4.78, 5) is 12.0. The Hall–Kier alpha value is -0.690. The van der Waals surface area contributed by atoms with E-state index in [0.29, 0.717) is 9.13 Å². The van der Waals surface area contributed by atoms with Crippen molar-refractivity contribution in [3.8, 4) is 0 Å². The van der Waals surface area contributed by atoms with Crippen molar-refractivity contribution >= 4 is 28.5 Å². The lowest BCUT2D eigenvalue weighted by Crippen LogP contribution is -2.51. The molecule has 1 aliphatic heterocycles. The molecule has 0 aromatic heterocycles. The second-order valence-corrected chi connectivity index (χ2v) is 5.76. The summed E-state index contributed by atoms with van der Waals surface area (Å²) in [6.07, 6.45) is 2.02. The van der Waals surface area contributed by atoms with Gasteiger partial charge in [0.2, 0.25) is 0 Å². The average molecular weight is 362 g/mol. The van der Waals surface area contributed by atoms with Gasteiger partial charge in [0.15, 0.2) is 0 Å². The first kappa shape index (κ1) is 13.7. The van der Waals surface area contributed by atoms with Crippen LogP contribution in [-0.2, 0) is 0 Å². The second kappa shape index (κ2) is 5.97. The number of halogens is 2. The van der Waals surface area contributed by atoms with Crippen molar-refractivity contribution in [2.24, 2.45) is 0 Å². The molecule has 1 amide bonds. The number of nitrogens with one attached hydrogen (secondary N) is 2. The molecule has 0 aliphatic carbocycles. The zero-order valence-corrected chi connectivity index (χ0v) is 12.3. The SMILES string of the molecule is CC1NCCCC1NC(=O)c1ccc(I)c(F)c1. The number of hydrogen-bond donors (Lipinski definition) is 2. The van der Waals surface area contributed by atoms with Crippen LogP contribution in [0.4, 0.5) is 4.39 Å². The van der Waals surface area contributed by atoms with Crippen LogP contribution in [0.5, 0.6) is 0 Å². The van der Waals surface area contributed by atoms with Crippen LogP contribution in [0.2, 0.25) is 0 Å². The monoisotopic (exact) mass is 362 g/mol. The maximum atomic E-state index is 13.4. The van der Waals surface area contributed by atoms with Crippen molar-refractivity contribution < 1.29 is 9.18 Å². The standard InChI is InChI=1S/C13H16FIN2O/c1-8-12(3-2-6-16-8)17-13(18)9-4-5-11(15)10(14)7-9/h4-5,7-8,12,16H,2-3,6H2,1H3,(H,17,18). The number of carbonyl (C=O) groups is 1. The highest BCUT2D eigenvalue weighted by Crippen LogP contribution is 2.14. The average Bonchev–Trinajstić information content (AvgIpc) is 2.35. The van der Waals surface area contributed by atoms with Gasteiger partial charge in [-0.25, -0.2) is 4.39 Å². The maximum Gasteiger partial charge on any atom is 0.251 e. The second-order valence-electron chi connectivity index (χ2n) is 4.59. The van der Waals surface area contributed by atoms with E-state index in [0.717, 1.165) is 19.4 Å². The Bertz CT molecular complexity index is 453. The number of carbonyl (C=O) groups excluding carboxylic acids is 1. The lowest BCUT2D eigenvalue weighted by atomic mass is 9.99. The van der Waals surface area contributed by atoms with Gasteiger partial charge in [-0.15, -0.1) is 0 Å². The summed E-state index contributed by atoms with van der Waals surface area (Å²) in [5.74, 6) is -0.552. The number of hydrogen-bond acceptors (Lipinski definition) is 2. The van der Waals surface area contributed by atoms with E-state index < -0.39 is 0 Å². The van der Waals surface area contributed by atoms with Gasteiger partial charge >= 0.3 is 0 Å². The predicted molar refractivity (Wildman–Crippen MR) is 77.1 cm³/mol. The number of rotatable bonds is 2. The third kappa shape index (κ3) is 3.20. The molecule has 0 spiro atoms. The van der Waals surface area contributed by atoms with Gasteiger partial charge in [0.05, 0.1) is 0 Å². The van der Waals surface area contributed by atoms with Gasteiger partial charge in [-0.2, -0.15) is 0 Å². The van der Waals surface area contributed by atoms with Crippen molar-refractivity contribution in [1.82, 2.24) is 10.6 Å². The van der Waals surface area contributed by atoms with Crippen molar-refractivity contribution in [3.63, 3.8) is 0 Å². The molecule has 98 valence electrons. The molecule has 2 atom stereocenters. The summed E-state index contributed by atoms with van der Waals surface area (Å²) in [7, 11) is 0. The van der Waals surface area contributed by atoms with E-state index in [1.807, 2.05) is 22.6 Å². The van der Waals surface area contributed by atoms with Crippen molar-refractivity contribution in [2.75, 3.05) is 6.54 Å². The summed E-state index contributed by atoms with van der Waals surface area (Å²) < 4.78 is 13.9. The highest BCUT2D eigenvalue weighted by Gasteiger charge is 2.22. The number of amides is 1. The Morgan fingerprint density at radius 1 is 1.56 bits per heavy atom. The van der Waals surface area contributed by atoms with E-state index in [2.05, 4.69) is 17.6 Å². The molecule has 1 saturated heterocycles. The molecule has 1 aromatic carbocycles. The minimum absolute atomic E-state index is 0.119. The Balaban J connectivity index is 2.04. The lowest BCUT2D eigenvalue weighted by Gasteiger charge is -2.30. The summed E-state index contributed by atoms with van der Waals surface area (Å²) >= 11 is 1.91. The molecule has 1 heterocycles. The Morgan fingerprint density at radius 3 is 3.00 bits per heavy atom. The number of benzene rings is 1. The number of piperidine rings is 1. The van der Waals surface area contributed by atoms with Crippen molar-refractivity contribution in [2.45, 2.75) is 31.8 Å². The normalized spacial score (nSPS) is 23.7. The molecule has 1 aliphatic rings. The van der Waals surface area contributed by atoms with Gasteiger partial charge in [-0.05, 0) is 67.1 Å². The molecule has 0 bridgehead atoms. The van der Waals surface area contributed by atoms with Crippen LogP contribution in [0.1, 0.15) is 30.1 Å². The van der Waals surface area contributed by atoms with Crippen molar-refractivity contribution in [1.29, 1.82) is 0 Å². The fourth-order valence-corrected chi connectivity index (χ4v) is 2.47. The van der Waals surface area contributed by atoms with Gasteiger partial charge in [0.25, 0.3) is 5.91 Å². The molecule has 2 rings (SSSR count). The van der Waals surface area contributed by atoms with Crippen molar-refractivity contribution in [3.05, 3.63) is 33.1 Å². The van der Waals surface area contributed by atoms with Gasteiger partial charge < -0.3 is 10.6 Å². The molecular formula is C13H16FIN2O. The summed E-state index contributed by atoms with van der Waals surface area (Å²) in [5, 5.41) is 6.28. The molecule has 3 nitrogen and oxygen atoms in total. The molecule has 0 saturated carbocycles. The van der Waals surface area contributed by atoms with Gasteiger partial charge in [0, 0.05) is 21.2 Å². The third-order valence-corrected chi connectivity index (χ3v) is 4.13. The van der Waals surface area contributed by atoms with Crippen LogP contribution < -0.4 is 10.6 Å². The molecular weight excluding hydrogens is 346 g/mol. The van der Waals surface area contributed by atoms with Crippen LogP contribution in [0.15, 0.2) is 18.2 Å². The fraction of sp³-hybridized carbons (Fsp3) is 0.462. The molecule has 0 radical (unpaired) electrons. The van der Waals surface area contributed by atoms with E-state index >= 15 is 0 Å². The summed E-state index contributed by atoms with van der Waals surface area (Å²) in [6, 6.07) is 4.94. The van der Waals surface area contributed by atoms with Crippen LogP contribution in [0, 0.1) is 9.39 Å². The van der Waals surface area contributed by atoms with Gasteiger partial charge in [-0.3, -0.25) is 4.79 Å². The third-order valence-electron chi connectivity index (χ3n) is 3.26. The molecule has 18 heavy (non-hydrogen) atoms. The van der Waals surface area contributed by atoms with E-state index in [4.69, 9.17) is 0 Å². The van der Waals surface area contributed by atoms with E-state index in [1.54, 1.807) is 12.1 Å². The van der Waals surface area contributed by atoms with Gasteiger partial charge in [-0.1, -0.05) is 0 Å². The summed E-state index contributed by atoms with van der Waals surface area (Å²) in [5.41, 5.74) is 0.380. The zero-order chi connectivity index (χ0) is 13.1. The first-order valence-electron chi connectivity index (χ1n) is 6.07. The fourth-order valence-electron chi connectivity index (χ4n) is 2.13. The largest absolute Gasteiger partial charge is 0.348 e. The lowest BCUT2D eigenvalue weighted by molar-refractivity contribution is 0.0919. The Morgan fingerprint density at radius 2 is 2.33 bits per heavy atom. The Kier molecular flexibility index (Phi) is 4.55. The van der Waals surface area contributed by atoms with Crippen LogP contribution in [0.3, 0.4) is 0 Å². The van der Waals surface area contributed by atoms with Gasteiger partial charge in [0.1, 0.15) is 5.82 Å². The zero-order valence-electron chi connectivity index (χ0n) is 10.2. The molecule has 2 N–H and O–H groups in total. The first-order chi connectivity index (χ1) is 8.58. The predicted octanol–water partition coefficient (Wildman–Crippen LogP) is 2.30. The topological polar surface area (TPSA) is 41.1 Å². The van der Waals surface area contributed by atoms with Crippen LogP contribution in [0.25, 0.3) is 0 Å². The minimum Gasteiger partial charge on any atom is -0.348 e. The summed E-state index contributed by atoms with van der Waals surface area (Å²) in [6.45, 7) is 3.05. The highest BCUT2D eigenvalue weighted by molar-refractivity contribution is 14.1. The highest BCUT2D eigenvalue weighted by atomic mass is 127. The molecule has 5 heteroatoms. The molecule has 1 fully saturated rings.